The molecule has 0 spiro atoms. The van der Waals surface area contributed by atoms with E-state index >= 15 is 0 Å². The zero-order valence-electron chi connectivity index (χ0n) is 18.5. The summed E-state index contributed by atoms with van der Waals surface area (Å²) in [4.78, 5) is 21.8. The van der Waals surface area contributed by atoms with Crippen LogP contribution < -0.4 is 0 Å². The molecule has 0 bridgehead atoms. The number of nitrogens with zero attached hydrogens (tertiary/aromatic N) is 2. The van der Waals surface area contributed by atoms with E-state index in [4.69, 9.17) is 14.7 Å². The van der Waals surface area contributed by atoms with Crippen molar-refractivity contribution in [2.24, 2.45) is 0 Å². The Balaban J connectivity index is 0.000000366. The topological polar surface area (TPSA) is 104 Å². The fraction of sp³-hybridized carbons (Fsp3) is 0.458. The summed E-state index contributed by atoms with van der Waals surface area (Å²) in [5.41, 5.74) is 5.14. The van der Waals surface area contributed by atoms with E-state index in [-0.39, 0.29) is 0 Å². The Labute approximate surface area is 183 Å². The van der Waals surface area contributed by atoms with Crippen LogP contribution in [0, 0.1) is 6.92 Å². The molecule has 1 atom stereocenters. The van der Waals surface area contributed by atoms with E-state index in [1.807, 2.05) is 6.92 Å². The van der Waals surface area contributed by atoms with E-state index in [0.717, 1.165) is 17.9 Å². The van der Waals surface area contributed by atoms with Crippen LogP contribution in [-0.4, -0.2) is 51.3 Å². The predicted molar refractivity (Wildman–Crippen MR) is 119 cm³/mol. The van der Waals surface area contributed by atoms with E-state index in [0.29, 0.717) is 18.2 Å². The number of carbonyl (C=O) groups is 2. The van der Waals surface area contributed by atoms with Gasteiger partial charge in [-0.2, -0.15) is 0 Å². The highest BCUT2D eigenvalue weighted by atomic mass is 16.5. The van der Waals surface area contributed by atoms with Gasteiger partial charge in [0.15, 0.2) is 5.76 Å². The Morgan fingerprint density at radius 2 is 1.81 bits per heavy atom. The van der Waals surface area contributed by atoms with Crippen molar-refractivity contribution < 1.29 is 24.3 Å². The second kappa shape index (κ2) is 12.1. The molecule has 0 aliphatic heterocycles. The first-order chi connectivity index (χ1) is 14.8. The average Bonchev–Trinajstić information content (AvgIpc) is 3.18. The van der Waals surface area contributed by atoms with E-state index < -0.39 is 11.9 Å². The molecule has 2 N–H and O–H groups in total. The minimum Gasteiger partial charge on any atom is -0.478 e. The Kier molecular flexibility index (Phi) is 9.46. The van der Waals surface area contributed by atoms with Crippen LogP contribution in [0.25, 0.3) is 11.3 Å². The Bertz CT molecular complexity index is 881. The number of benzene rings is 1. The van der Waals surface area contributed by atoms with Gasteiger partial charge < -0.3 is 19.6 Å². The molecule has 0 amide bonds. The second-order valence-electron chi connectivity index (χ2n) is 7.72. The lowest BCUT2D eigenvalue weighted by Gasteiger charge is -2.35. The van der Waals surface area contributed by atoms with Gasteiger partial charge in [0, 0.05) is 29.8 Å². The van der Waals surface area contributed by atoms with Crippen LogP contribution in [0.3, 0.4) is 0 Å². The maximum absolute atomic E-state index is 9.55. The molecule has 0 radical (unpaired) electrons. The highest BCUT2D eigenvalue weighted by Crippen LogP contribution is 2.33. The Hall–Kier alpha value is -2.93. The smallest absolute Gasteiger partial charge is 0.328 e. The molecule has 1 heterocycles. The molecule has 7 heteroatoms. The normalized spacial score (nSPS) is 15.4. The molecule has 7 nitrogen and oxygen atoms in total. The fourth-order valence-corrected chi connectivity index (χ4v) is 4.00. The number of hydrogen-bond donors (Lipinski definition) is 2. The van der Waals surface area contributed by atoms with Gasteiger partial charge >= 0.3 is 11.9 Å². The zero-order chi connectivity index (χ0) is 22.8. The van der Waals surface area contributed by atoms with Gasteiger partial charge in [-0.15, -0.1) is 0 Å². The zero-order valence-corrected chi connectivity index (χ0v) is 18.5. The summed E-state index contributed by atoms with van der Waals surface area (Å²) < 4.78 is 5.54. The lowest BCUT2D eigenvalue weighted by molar-refractivity contribution is -0.134. The van der Waals surface area contributed by atoms with Crippen LogP contribution in [0.4, 0.5) is 0 Å². The van der Waals surface area contributed by atoms with E-state index in [1.54, 1.807) is 0 Å². The first kappa shape index (κ1) is 24.3. The van der Waals surface area contributed by atoms with Gasteiger partial charge in [-0.05, 0) is 63.2 Å². The first-order valence-corrected chi connectivity index (χ1v) is 10.8. The largest absolute Gasteiger partial charge is 0.478 e. The SMILES string of the molecule is CCCN(CCC)C1CCc2cccc(-c3cc(C)no3)c2C1.O=C(O)C=CC(=O)O. The number of fused-ring (bicyclic) bond motifs is 1. The summed E-state index contributed by atoms with van der Waals surface area (Å²) in [6.45, 7) is 8.95. The van der Waals surface area contributed by atoms with Crippen molar-refractivity contribution in [3.05, 3.63) is 53.2 Å². The predicted octanol–water partition coefficient (Wildman–Crippen LogP) is 4.34. The van der Waals surface area contributed by atoms with Crippen molar-refractivity contribution in [1.82, 2.24) is 10.1 Å². The van der Waals surface area contributed by atoms with Gasteiger partial charge in [-0.25, -0.2) is 9.59 Å². The van der Waals surface area contributed by atoms with Crippen LogP contribution in [0.2, 0.25) is 0 Å². The van der Waals surface area contributed by atoms with Crippen molar-refractivity contribution >= 4 is 11.9 Å². The van der Waals surface area contributed by atoms with Gasteiger partial charge in [0.05, 0.1) is 5.69 Å². The maximum atomic E-state index is 9.55. The number of aliphatic carboxylic acids is 2. The summed E-state index contributed by atoms with van der Waals surface area (Å²) in [6.07, 6.45) is 7.14. The number of carboxylic acids is 2. The summed E-state index contributed by atoms with van der Waals surface area (Å²) in [5.74, 6) is -1.60. The number of aryl methyl sites for hydroxylation is 2. The number of carboxylic acid groups (broad SMARTS) is 2. The van der Waals surface area contributed by atoms with E-state index in [1.165, 1.54) is 55.5 Å². The molecule has 1 aliphatic carbocycles. The highest BCUT2D eigenvalue weighted by molar-refractivity contribution is 5.89. The lowest BCUT2D eigenvalue weighted by atomic mass is 9.84. The molecule has 1 aliphatic rings. The molecule has 1 aromatic heterocycles. The number of aromatic nitrogens is 1. The van der Waals surface area contributed by atoms with Gasteiger partial charge in [0.1, 0.15) is 0 Å². The lowest BCUT2D eigenvalue weighted by Crippen LogP contribution is -2.40. The van der Waals surface area contributed by atoms with Crippen LogP contribution in [0.1, 0.15) is 49.9 Å². The molecule has 0 saturated heterocycles. The molecule has 31 heavy (non-hydrogen) atoms. The van der Waals surface area contributed by atoms with Gasteiger partial charge in [-0.3, -0.25) is 0 Å². The summed E-state index contributed by atoms with van der Waals surface area (Å²) in [5, 5.41) is 19.7. The minimum absolute atomic E-state index is 0.558. The third-order valence-electron chi connectivity index (χ3n) is 5.26. The van der Waals surface area contributed by atoms with Crippen LogP contribution in [0.15, 0.2) is 40.9 Å². The maximum Gasteiger partial charge on any atom is 0.328 e. The molecule has 0 saturated carbocycles. The average molecular weight is 429 g/mol. The van der Waals surface area contributed by atoms with Crippen LogP contribution >= 0.6 is 0 Å². The molecule has 3 rings (SSSR count). The highest BCUT2D eigenvalue weighted by Gasteiger charge is 2.26. The minimum atomic E-state index is -1.26. The van der Waals surface area contributed by atoms with Gasteiger partial charge in [0.2, 0.25) is 0 Å². The summed E-state index contributed by atoms with van der Waals surface area (Å²) >= 11 is 0. The molecular weight excluding hydrogens is 396 g/mol. The third kappa shape index (κ3) is 7.36. The van der Waals surface area contributed by atoms with Crippen LogP contribution in [-0.2, 0) is 22.4 Å². The molecule has 168 valence electrons. The van der Waals surface area contributed by atoms with Gasteiger partial charge in [-0.1, -0.05) is 37.2 Å². The number of hydrogen-bond acceptors (Lipinski definition) is 5. The van der Waals surface area contributed by atoms with Crippen molar-refractivity contribution in [2.75, 3.05) is 13.1 Å². The molecule has 0 fully saturated rings. The molecular formula is C24H32N2O5. The van der Waals surface area contributed by atoms with E-state index in [2.05, 4.69) is 48.2 Å². The van der Waals surface area contributed by atoms with Crippen molar-refractivity contribution in [2.45, 2.75) is 58.9 Å². The molecule has 1 unspecified atom stereocenters. The monoisotopic (exact) mass is 428 g/mol. The van der Waals surface area contributed by atoms with Crippen molar-refractivity contribution in [3.8, 4) is 11.3 Å². The van der Waals surface area contributed by atoms with Crippen LogP contribution in [0.5, 0.6) is 0 Å². The summed E-state index contributed by atoms with van der Waals surface area (Å²) in [7, 11) is 0. The van der Waals surface area contributed by atoms with E-state index in [9.17, 15) is 9.59 Å². The fourth-order valence-electron chi connectivity index (χ4n) is 4.00. The van der Waals surface area contributed by atoms with Gasteiger partial charge in [0.25, 0.3) is 0 Å². The second-order valence-corrected chi connectivity index (χ2v) is 7.72. The Morgan fingerprint density at radius 1 is 1.16 bits per heavy atom. The molecule has 2 aromatic rings. The number of rotatable bonds is 8. The quantitative estimate of drug-likeness (QED) is 0.603. The van der Waals surface area contributed by atoms with Crippen molar-refractivity contribution in [1.29, 1.82) is 0 Å². The Morgan fingerprint density at radius 3 is 2.32 bits per heavy atom. The molecule has 1 aromatic carbocycles. The third-order valence-corrected chi connectivity index (χ3v) is 5.26. The standard InChI is InChI=1S/C20H28N2O.C4H4O4/c1-4-11-22(12-5-2)17-10-9-16-7-6-8-18(19(16)14-17)20-13-15(3)21-23-20;5-3(6)1-2-4(7)8/h6-8,13,17H,4-5,9-12,14H2,1-3H3;1-2H,(H,5,6)(H,7,8). The van der Waals surface area contributed by atoms with Crippen molar-refractivity contribution in [3.63, 3.8) is 0 Å². The summed E-state index contributed by atoms with van der Waals surface area (Å²) in [6, 6.07) is 9.33. The first-order valence-electron chi connectivity index (χ1n) is 10.8.